The van der Waals surface area contributed by atoms with Gasteiger partial charge in [-0.3, -0.25) is 4.98 Å². The lowest BCUT2D eigenvalue weighted by Gasteiger charge is -2.02. The van der Waals surface area contributed by atoms with Gasteiger partial charge in [-0.15, -0.1) is 0 Å². The van der Waals surface area contributed by atoms with Gasteiger partial charge in [-0.25, -0.2) is 0 Å². The molecular formula is C19H15NO. The Morgan fingerprint density at radius 3 is 2.71 bits per heavy atom. The van der Waals surface area contributed by atoms with Crippen molar-refractivity contribution >= 4 is 21.9 Å². The number of fused-ring (bicyclic) bond motifs is 3. The molecule has 2 aromatic carbocycles. The first-order chi connectivity index (χ1) is 11.4. The summed E-state index contributed by atoms with van der Waals surface area (Å²) in [6.45, 7) is -0.114. The highest BCUT2D eigenvalue weighted by molar-refractivity contribution is 6.09. The molecule has 0 spiro atoms. The largest absolute Gasteiger partial charge is 0.455 e. The van der Waals surface area contributed by atoms with Crippen LogP contribution in [-0.4, -0.2) is 4.98 Å². The third-order valence-corrected chi connectivity index (χ3v) is 3.69. The number of pyridine rings is 1. The predicted molar refractivity (Wildman–Crippen MR) is 86.4 cm³/mol. The van der Waals surface area contributed by atoms with Gasteiger partial charge in [0.25, 0.3) is 0 Å². The first kappa shape index (κ1) is 9.35. The van der Waals surface area contributed by atoms with Crippen LogP contribution < -0.4 is 0 Å². The van der Waals surface area contributed by atoms with E-state index in [1.54, 1.807) is 12.1 Å². The van der Waals surface area contributed by atoms with Crippen molar-refractivity contribution in [2.24, 2.45) is 0 Å². The van der Waals surface area contributed by atoms with Gasteiger partial charge < -0.3 is 4.42 Å². The quantitative estimate of drug-likeness (QED) is 0.473. The lowest BCUT2D eigenvalue weighted by molar-refractivity contribution is 0.669. The average molecular weight is 276 g/mol. The number of benzene rings is 2. The molecule has 2 aromatic heterocycles. The molecule has 0 N–H and O–H groups in total. The van der Waals surface area contributed by atoms with E-state index in [-0.39, 0.29) is 5.56 Å². The maximum Gasteiger partial charge on any atom is 0.144 e. The van der Waals surface area contributed by atoms with Crippen LogP contribution in [0.1, 0.15) is 15.2 Å². The van der Waals surface area contributed by atoms with Crippen LogP contribution in [0.15, 0.2) is 59.1 Å². The Labute approximate surface area is 127 Å². The zero-order valence-corrected chi connectivity index (χ0v) is 11.6. The Kier molecular flexibility index (Phi) is 1.98. The normalized spacial score (nSPS) is 14.0. The fourth-order valence-corrected chi connectivity index (χ4v) is 2.66. The van der Waals surface area contributed by atoms with E-state index in [2.05, 4.69) is 17.1 Å². The van der Waals surface area contributed by atoms with Crippen molar-refractivity contribution < 1.29 is 8.53 Å². The molecule has 0 amide bonds. The number of hydrogen-bond acceptors (Lipinski definition) is 2. The predicted octanol–water partition coefficient (Wildman–Crippen LogP) is 5.26. The Morgan fingerprint density at radius 2 is 1.90 bits per heavy atom. The molecule has 0 atom stereocenters. The lowest BCUT2D eigenvalue weighted by atomic mass is 10.1. The lowest BCUT2D eigenvalue weighted by Crippen LogP contribution is -1.84. The van der Waals surface area contributed by atoms with Gasteiger partial charge in [0.15, 0.2) is 0 Å². The molecule has 4 rings (SSSR count). The van der Waals surface area contributed by atoms with E-state index in [0.29, 0.717) is 5.69 Å². The van der Waals surface area contributed by atoms with Gasteiger partial charge in [-0.1, -0.05) is 30.3 Å². The molecule has 0 bridgehead atoms. The summed E-state index contributed by atoms with van der Waals surface area (Å²) in [6, 6.07) is 15.4. The van der Waals surface area contributed by atoms with Crippen LogP contribution >= 0.6 is 0 Å². The van der Waals surface area contributed by atoms with Crippen LogP contribution in [0.5, 0.6) is 0 Å². The number of furan rings is 1. The van der Waals surface area contributed by atoms with Crippen LogP contribution in [0.25, 0.3) is 33.2 Å². The maximum atomic E-state index is 7.45. The van der Waals surface area contributed by atoms with Gasteiger partial charge in [-0.2, -0.15) is 0 Å². The fourth-order valence-electron chi connectivity index (χ4n) is 2.66. The van der Waals surface area contributed by atoms with E-state index in [1.807, 2.05) is 31.2 Å². The Bertz CT molecular complexity index is 1050. The molecule has 2 heterocycles. The zero-order valence-electron chi connectivity index (χ0n) is 14.6. The summed E-state index contributed by atoms with van der Waals surface area (Å²) in [4.78, 5) is 4.33. The first-order valence-electron chi connectivity index (χ1n) is 8.32. The smallest absolute Gasteiger partial charge is 0.144 e. The van der Waals surface area contributed by atoms with Gasteiger partial charge in [-0.05, 0) is 43.1 Å². The Hall–Kier alpha value is -2.61. The van der Waals surface area contributed by atoms with Crippen molar-refractivity contribution in [3.63, 3.8) is 0 Å². The number of para-hydroxylation sites is 1. The highest BCUT2D eigenvalue weighted by Crippen LogP contribution is 2.35. The minimum Gasteiger partial charge on any atom is -0.455 e. The van der Waals surface area contributed by atoms with Crippen LogP contribution in [0.4, 0.5) is 0 Å². The number of aryl methyl sites for hydroxylation is 2. The second-order valence-corrected chi connectivity index (χ2v) is 5.22. The molecule has 0 aliphatic rings. The molecule has 0 saturated heterocycles. The molecule has 102 valence electrons. The van der Waals surface area contributed by atoms with E-state index < -0.39 is 6.85 Å². The molecule has 0 saturated carbocycles. The number of nitrogens with zero attached hydrogens (tertiary/aromatic N) is 1. The van der Waals surface area contributed by atoms with Crippen molar-refractivity contribution in [2.45, 2.75) is 13.8 Å². The van der Waals surface area contributed by atoms with E-state index >= 15 is 0 Å². The summed E-state index contributed by atoms with van der Waals surface area (Å²) < 4.78 is 28.4. The SMILES string of the molecule is [2H]C([2H])([2H])c1ccc(-c2cccc3c2oc2cc(C)ccc23)nc1. The minimum atomic E-state index is -2.14. The standard InChI is InChI=1S/C19H15NO/c1-12-6-8-14-15-4-3-5-16(19(15)21-18(14)10-12)17-9-7-13(2)11-20-17/h3-11H,1-2H3/i2D3. The van der Waals surface area contributed by atoms with Gasteiger partial charge in [0.1, 0.15) is 11.2 Å². The number of aromatic nitrogens is 1. The van der Waals surface area contributed by atoms with Crippen LogP contribution in [0.2, 0.25) is 0 Å². The van der Waals surface area contributed by atoms with E-state index in [0.717, 1.165) is 33.1 Å². The summed E-state index contributed by atoms with van der Waals surface area (Å²) in [5.74, 6) is 0. The summed E-state index contributed by atoms with van der Waals surface area (Å²) in [5.41, 5.74) is 4.55. The molecule has 0 fully saturated rings. The summed E-state index contributed by atoms with van der Waals surface area (Å²) in [7, 11) is 0. The van der Waals surface area contributed by atoms with E-state index in [1.165, 1.54) is 6.20 Å². The second kappa shape index (κ2) is 4.45. The highest BCUT2D eigenvalue weighted by Gasteiger charge is 2.12. The van der Waals surface area contributed by atoms with Crippen LogP contribution in [0, 0.1) is 13.8 Å². The molecule has 0 aliphatic carbocycles. The molecule has 0 unspecified atom stereocenters. The average Bonchev–Trinajstić information content (AvgIpc) is 2.91. The summed E-state index contributed by atoms with van der Waals surface area (Å²) >= 11 is 0. The first-order valence-corrected chi connectivity index (χ1v) is 6.82. The van der Waals surface area contributed by atoms with E-state index in [4.69, 9.17) is 8.53 Å². The number of hydrogen-bond donors (Lipinski definition) is 0. The second-order valence-electron chi connectivity index (χ2n) is 5.22. The van der Waals surface area contributed by atoms with Gasteiger partial charge in [0, 0.05) is 26.6 Å². The fraction of sp³-hybridized carbons (Fsp3) is 0.105. The molecule has 0 radical (unpaired) electrons. The monoisotopic (exact) mass is 276 g/mol. The Morgan fingerprint density at radius 1 is 1.00 bits per heavy atom. The van der Waals surface area contributed by atoms with Crippen molar-refractivity contribution in [3.05, 3.63) is 65.9 Å². The third kappa shape index (κ3) is 1.91. The zero-order chi connectivity index (χ0) is 16.9. The summed E-state index contributed by atoms with van der Waals surface area (Å²) in [6.07, 6.45) is 1.41. The molecule has 21 heavy (non-hydrogen) atoms. The molecule has 4 aromatic rings. The van der Waals surface area contributed by atoms with Gasteiger partial charge in [0.05, 0.1) is 5.69 Å². The molecule has 0 aliphatic heterocycles. The van der Waals surface area contributed by atoms with E-state index in [9.17, 15) is 0 Å². The highest BCUT2D eigenvalue weighted by atomic mass is 16.3. The topological polar surface area (TPSA) is 26.0 Å². The minimum absolute atomic E-state index is 0.235. The molecule has 2 heteroatoms. The van der Waals surface area contributed by atoms with Gasteiger partial charge >= 0.3 is 0 Å². The number of rotatable bonds is 1. The van der Waals surface area contributed by atoms with Crippen LogP contribution in [0.3, 0.4) is 0 Å². The van der Waals surface area contributed by atoms with Crippen molar-refractivity contribution in [2.75, 3.05) is 0 Å². The van der Waals surface area contributed by atoms with Crippen molar-refractivity contribution in [1.29, 1.82) is 0 Å². The third-order valence-electron chi connectivity index (χ3n) is 3.69. The van der Waals surface area contributed by atoms with Crippen molar-refractivity contribution in [3.8, 4) is 11.3 Å². The van der Waals surface area contributed by atoms with Crippen molar-refractivity contribution in [1.82, 2.24) is 4.98 Å². The molecule has 2 nitrogen and oxygen atoms in total. The van der Waals surface area contributed by atoms with Gasteiger partial charge in [0.2, 0.25) is 0 Å². The van der Waals surface area contributed by atoms with Crippen LogP contribution in [-0.2, 0) is 0 Å². The Balaban J connectivity index is 1.92. The maximum absolute atomic E-state index is 7.45. The summed E-state index contributed by atoms with van der Waals surface area (Å²) in [5, 5.41) is 2.10. The molecular weight excluding hydrogens is 258 g/mol.